The van der Waals surface area contributed by atoms with Crippen molar-refractivity contribution in [2.75, 3.05) is 20.7 Å². The van der Waals surface area contributed by atoms with Gasteiger partial charge in [0.25, 0.3) is 0 Å². The van der Waals surface area contributed by atoms with Gasteiger partial charge >= 0.3 is 24.4 Å². The summed E-state index contributed by atoms with van der Waals surface area (Å²) in [7, 11) is 2.61. The van der Waals surface area contributed by atoms with E-state index in [1.54, 1.807) is 13.0 Å². The first-order chi connectivity index (χ1) is 19.5. The SMILES string of the molecule is COC(=O)[C@H]1CCC2(CCN(C(=O)N(C)[C@H](C)c3cc(C(F)(F)F)cc(C(F)(F)F)c3)[C@@H](c3ccc(F)cc3C)C2)N1. The maximum atomic E-state index is 14.0. The quantitative estimate of drug-likeness (QED) is 0.309. The highest BCUT2D eigenvalue weighted by molar-refractivity contribution is 5.77. The minimum atomic E-state index is -5.03. The lowest BCUT2D eigenvalue weighted by atomic mass is 9.79. The van der Waals surface area contributed by atoms with Gasteiger partial charge in [0.1, 0.15) is 11.9 Å². The van der Waals surface area contributed by atoms with Gasteiger partial charge in [-0.1, -0.05) is 6.07 Å². The monoisotopic (exact) mass is 603 g/mol. The highest BCUT2D eigenvalue weighted by atomic mass is 19.4. The Kier molecular flexibility index (Phi) is 8.56. The number of methoxy groups -OCH3 is 1. The number of benzene rings is 2. The third-order valence-electron chi connectivity index (χ3n) is 8.48. The van der Waals surface area contributed by atoms with Crippen molar-refractivity contribution < 1.29 is 45.1 Å². The smallest absolute Gasteiger partial charge is 0.416 e. The summed E-state index contributed by atoms with van der Waals surface area (Å²) in [4.78, 5) is 28.7. The van der Waals surface area contributed by atoms with E-state index in [1.807, 2.05) is 0 Å². The molecule has 2 saturated heterocycles. The van der Waals surface area contributed by atoms with Gasteiger partial charge in [-0.15, -0.1) is 0 Å². The van der Waals surface area contributed by atoms with Crippen LogP contribution < -0.4 is 5.32 Å². The zero-order valence-corrected chi connectivity index (χ0v) is 23.5. The number of carbonyl (C=O) groups is 2. The Bertz CT molecular complexity index is 1310. The number of carbonyl (C=O) groups excluding carboxylic acids is 2. The fourth-order valence-corrected chi connectivity index (χ4v) is 6.02. The van der Waals surface area contributed by atoms with Crippen LogP contribution >= 0.6 is 0 Å². The molecule has 2 amide bonds. The molecule has 1 unspecified atom stereocenters. The number of piperidine rings is 1. The number of ether oxygens (including phenoxy) is 1. The lowest BCUT2D eigenvalue weighted by Crippen LogP contribution is -2.56. The Balaban J connectivity index is 1.67. The Labute approximate surface area is 238 Å². The third kappa shape index (κ3) is 6.35. The van der Waals surface area contributed by atoms with Crippen LogP contribution in [-0.2, 0) is 21.9 Å². The minimum Gasteiger partial charge on any atom is -0.468 e. The number of aryl methyl sites for hydroxylation is 1. The van der Waals surface area contributed by atoms with Crippen LogP contribution in [0.3, 0.4) is 0 Å². The topological polar surface area (TPSA) is 61.9 Å². The standard InChI is InChI=1S/C29H32F7N3O3/c1-16-11-21(30)5-6-22(16)24-15-27(8-7-23(37-27)25(40)42-4)9-10-39(24)26(41)38(3)17(2)18-12-19(28(31,32)33)14-20(13-18)29(34,35)36/h5-6,11-14,17,23-24,37H,7-10,15H2,1-4H3/t17-,23-,24-,27?/m1/s1. The number of likely N-dealkylation sites (tertiary alicyclic amines) is 1. The Hall–Kier alpha value is -3.35. The van der Waals surface area contributed by atoms with Crippen molar-refractivity contribution in [3.8, 4) is 0 Å². The van der Waals surface area contributed by atoms with Crippen molar-refractivity contribution in [2.24, 2.45) is 0 Å². The fraction of sp³-hybridized carbons (Fsp3) is 0.517. The summed E-state index contributed by atoms with van der Waals surface area (Å²) in [6, 6.07) is 2.53. The first-order valence-corrected chi connectivity index (χ1v) is 13.4. The van der Waals surface area contributed by atoms with Gasteiger partial charge < -0.3 is 14.5 Å². The predicted octanol–water partition coefficient (Wildman–Crippen LogP) is 6.79. The lowest BCUT2D eigenvalue weighted by Gasteiger charge is -2.47. The second kappa shape index (κ2) is 11.4. The molecule has 0 saturated carbocycles. The zero-order valence-electron chi connectivity index (χ0n) is 23.5. The van der Waals surface area contributed by atoms with Gasteiger partial charge in [0.05, 0.1) is 30.3 Å². The Morgan fingerprint density at radius 2 is 1.67 bits per heavy atom. The molecule has 1 N–H and O–H groups in total. The van der Waals surface area contributed by atoms with Gasteiger partial charge in [-0.3, -0.25) is 10.1 Å². The van der Waals surface area contributed by atoms with Crippen LogP contribution in [0.25, 0.3) is 0 Å². The zero-order chi connectivity index (χ0) is 31.2. The van der Waals surface area contributed by atoms with E-state index in [2.05, 4.69) is 5.32 Å². The molecule has 1 spiro atoms. The summed E-state index contributed by atoms with van der Waals surface area (Å²) >= 11 is 0. The van der Waals surface area contributed by atoms with E-state index in [0.717, 1.165) is 4.90 Å². The first kappa shape index (κ1) is 31.6. The average molecular weight is 604 g/mol. The first-order valence-electron chi connectivity index (χ1n) is 13.4. The predicted molar refractivity (Wildman–Crippen MR) is 139 cm³/mol. The largest absolute Gasteiger partial charge is 0.468 e. The summed E-state index contributed by atoms with van der Waals surface area (Å²) in [5.41, 5.74) is -2.57. The summed E-state index contributed by atoms with van der Waals surface area (Å²) in [6.45, 7) is 3.22. The second-order valence-electron chi connectivity index (χ2n) is 11.1. The molecule has 0 bridgehead atoms. The minimum absolute atomic E-state index is 0.0473. The van der Waals surface area contributed by atoms with Crippen LogP contribution in [-0.4, -0.2) is 54.1 Å². The molecule has 0 aliphatic carbocycles. The molecule has 2 fully saturated rings. The second-order valence-corrected chi connectivity index (χ2v) is 11.1. The van der Waals surface area contributed by atoms with Crippen molar-refractivity contribution in [3.63, 3.8) is 0 Å². The highest BCUT2D eigenvalue weighted by Gasteiger charge is 2.48. The van der Waals surface area contributed by atoms with Gasteiger partial charge in [0.15, 0.2) is 0 Å². The molecule has 6 nitrogen and oxygen atoms in total. The van der Waals surface area contributed by atoms with Crippen molar-refractivity contribution in [1.29, 1.82) is 0 Å². The van der Waals surface area contributed by atoms with Gasteiger partial charge in [-0.2, -0.15) is 26.3 Å². The Morgan fingerprint density at radius 3 is 2.21 bits per heavy atom. The normalized spacial score (nSPS) is 23.6. The van der Waals surface area contributed by atoms with Gasteiger partial charge in [0.2, 0.25) is 0 Å². The number of nitrogens with one attached hydrogen (secondary N) is 1. The molecular weight excluding hydrogens is 571 g/mol. The van der Waals surface area contributed by atoms with E-state index in [-0.39, 0.29) is 18.2 Å². The van der Waals surface area contributed by atoms with Gasteiger partial charge in [0, 0.05) is 19.1 Å². The molecule has 4 atom stereocenters. The van der Waals surface area contributed by atoms with Gasteiger partial charge in [-0.05, 0) is 86.6 Å². The highest BCUT2D eigenvalue weighted by Crippen LogP contribution is 2.44. The average Bonchev–Trinajstić information content (AvgIpc) is 3.33. The van der Waals surface area contributed by atoms with Crippen LogP contribution in [0.5, 0.6) is 0 Å². The fourth-order valence-electron chi connectivity index (χ4n) is 6.02. The number of hydrogen-bond donors (Lipinski definition) is 1. The van der Waals surface area contributed by atoms with E-state index in [4.69, 9.17) is 4.74 Å². The summed E-state index contributed by atoms with van der Waals surface area (Å²) in [5, 5.41) is 3.35. The molecule has 4 rings (SSSR count). The van der Waals surface area contributed by atoms with Crippen LogP contribution in [0.4, 0.5) is 35.5 Å². The lowest BCUT2D eigenvalue weighted by molar-refractivity contribution is -0.144. The molecule has 2 aliphatic rings. The third-order valence-corrected chi connectivity index (χ3v) is 8.48. The van der Waals surface area contributed by atoms with E-state index >= 15 is 0 Å². The van der Waals surface area contributed by atoms with Gasteiger partial charge in [-0.25, -0.2) is 9.18 Å². The summed E-state index contributed by atoms with van der Waals surface area (Å²) in [6.07, 6.45) is -8.14. The van der Waals surface area contributed by atoms with Crippen molar-refractivity contribution >= 4 is 12.0 Å². The maximum absolute atomic E-state index is 14.0. The molecule has 0 radical (unpaired) electrons. The molecule has 13 heteroatoms. The summed E-state index contributed by atoms with van der Waals surface area (Å²) < 4.78 is 99.8. The van der Waals surface area contributed by atoms with E-state index < -0.39 is 65.0 Å². The number of hydrogen-bond acceptors (Lipinski definition) is 4. The van der Waals surface area contributed by atoms with Crippen LogP contribution in [0.15, 0.2) is 36.4 Å². The number of esters is 1. The molecule has 2 aromatic carbocycles. The van der Waals surface area contributed by atoms with Crippen molar-refractivity contribution in [2.45, 2.75) is 75.5 Å². The number of rotatable bonds is 4. The maximum Gasteiger partial charge on any atom is 0.416 e. The van der Waals surface area contributed by atoms with Crippen molar-refractivity contribution in [3.05, 3.63) is 70.0 Å². The molecule has 2 heterocycles. The molecule has 2 aromatic rings. The number of amides is 2. The molecule has 42 heavy (non-hydrogen) atoms. The van der Waals surface area contributed by atoms with Crippen LogP contribution in [0, 0.1) is 12.7 Å². The number of urea groups is 1. The molecular formula is C29H32F7N3O3. The molecule has 230 valence electrons. The summed E-state index contributed by atoms with van der Waals surface area (Å²) in [5.74, 6) is -0.882. The van der Waals surface area contributed by atoms with Crippen LogP contribution in [0.1, 0.15) is 72.5 Å². The molecule has 2 aliphatic heterocycles. The number of nitrogens with zero attached hydrogens (tertiary/aromatic N) is 2. The van der Waals surface area contributed by atoms with E-state index in [9.17, 15) is 40.3 Å². The Morgan fingerprint density at radius 1 is 1.05 bits per heavy atom. The van der Waals surface area contributed by atoms with Crippen molar-refractivity contribution in [1.82, 2.24) is 15.1 Å². The molecule has 0 aromatic heterocycles. The van der Waals surface area contributed by atoms with Crippen LogP contribution in [0.2, 0.25) is 0 Å². The van der Waals surface area contributed by atoms with E-state index in [1.165, 1.54) is 38.1 Å². The number of alkyl halides is 6. The van der Waals surface area contributed by atoms with E-state index in [0.29, 0.717) is 48.9 Å². The number of halogens is 7.